The van der Waals surface area contributed by atoms with Crippen LogP contribution in [0.1, 0.15) is 33.3 Å². The Labute approximate surface area is 318 Å². The Morgan fingerprint density at radius 3 is 2.57 bits per heavy atom. The number of nitrogens with zero attached hydrogens (tertiary/aromatic N) is 8. The van der Waals surface area contributed by atoms with Gasteiger partial charge in [-0.3, -0.25) is 34.6 Å². The minimum Gasteiger partial charge on any atom is -0.490 e. The molecule has 20 nitrogen and oxygen atoms in total. The van der Waals surface area contributed by atoms with E-state index in [1.54, 1.807) is 46.1 Å². The molecule has 0 aliphatic carbocycles. The van der Waals surface area contributed by atoms with Crippen LogP contribution in [0, 0.1) is 20.2 Å². The second-order valence-corrected chi connectivity index (χ2v) is 12.7. The molecule has 1 aliphatic heterocycles. The highest BCUT2D eigenvalue weighted by Crippen LogP contribution is 2.30. The fraction of sp³-hybridized carbons (Fsp3) is 0.333. The Bertz CT molecular complexity index is 2210. The van der Waals surface area contributed by atoms with E-state index in [0.29, 0.717) is 54.3 Å². The summed E-state index contributed by atoms with van der Waals surface area (Å²) in [7, 11) is 0. The molecule has 5 aromatic rings. The summed E-state index contributed by atoms with van der Waals surface area (Å²) in [5, 5.41) is 33.5. The predicted octanol–water partition coefficient (Wildman–Crippen LogP) is 3.25. The first-order valence-corrected chi connectivity index (χ1v) is 17.6. The van der Waals surface area contributed by atoms with E-state index in [4.69, 9.17) is 14.2 Å². The van der Waals surface area contributed by atoms with Gasteiger partial charge in [0.2, 0.25) is 0 Å². The van der Waals surface area contributed by atoms with Crippen molar-refractivity contribution < 1.29 is 38.4 Å². The van der Waals surface area contributed by atoms with Crippen molar-refractivity contribution in [1.29, 1.82) is 0 Å². The van der Waals surface area contributed by atoms with E-state index in [2.05, 4.69) is 25.6 Å². The number of non-ortho nitro benzene ring substituents is 1. The lowest BCUT2D eigenvalue weighted by Crippen LogP contribution is -2.56. The smallest absolute Gasteiger partial charge is 0.299 e. The number of pyridine rings is 1. The molecule has 20 heteroatoms. The number of carbonyl (C=O) groups excluding carboxylic acids is 3. The largest absolute Gasteiger partial charge is 0.490 e. The van der Waals surface area contributed by atoms with Gasteiger partial charge in [0.1, 0.15) is 29.4 Å². The standard InChI is InChI=1S/C36H38N10O10/c1-24-21-42(35(48)25-5-3-2-4-6-25)12-13-44(24)36(49)33(47)28-20-39-34-32(28)31(9-10-38-34)56-18-17-54-16-14-43-22-26(40-41-43)23-55-15-11-37-29-8-7-27(45(50)51)19-30(29)46(52)53/h2-10,19-20,22,24,37H,11-18,21,23H2,1H3,(H,38,39)/t24-/m1/s1. The third-order valence-corrected chi connectivity index (χ3v) is 8.91. The highest BCUT2D eigenvalue weighted by atomic mass is 16.6. The van der Waals surface area contributed by atoms with Gasteiger partial charge in [-0.2, -0.15) is 0 Å². The Hall–Kier alpha value is -6.80. The van der Waals surface area contributed by atoms with E-state index in [1.807, 2.05) is 13.0 Å². The van der Waals surface area contributed by atoms with Gasteiger partial charge < -0.3 is 34.3 Å². The van der Waals surface area contributed by atoms with Crippen LogP contribution in [-0.4, -0.2) is 121 Å². The average Bonchev–Trinajstić information content (AvgIpc) is 3.86. The first kappa shape index (κ1) is 38.9. The molecule has 6 rings (SSSR count). The Morgan fingerprint density at radius 2 is 1.80 bits per heavy atom. The number of aromatic nitrogens is 5. The van der Waals surface area contributed by atoms with Crippen molar-refractivity contribution in [1.82, 2.24) is 34.8 Å². The molecule has 2 aromatic carbocycles. The molecule has 4 heterocycles. The van der Waals surface area contributed by atoms with E-state index in [-0.39, 0.29) is 68.4 Å². The zero-order valence-corrected chi connectivity index (χ0v) is 30.2. The monoisotopic (exact) mass is 770 g/mol. The molecule has 0 spiro atoms. The molecule has 1 fully saturated rings. The van der Waals surface area contributed by atoms with Crippen molar-refractivity contribution in [2.75, 3.05) is 57.9 Å². The summed E-state index contributed by atoms with van der Waals surface area (Å²) in [4.78, 5) is 71.2. The second kappa shape index (κ2) is 18.0. The third kappa shape index (κ3) is 9.28. The summed E-state index contributed by atoms with van der Waals surface area (Å²) in [5.41, 5.74) is 1.01. The molecule has 0 saturated carbocycles. The quantitative estimate of drug-likeness (QED) is 0.0427. The van der Waals surface area contributed by atoms with E-state index in [1.165, 1.54) is 29.4 Å². The number of fused-ring (bicyclic) bond motifs is 1. The number of rotatable bonds is 18. The number of Topliss-reactive ketones (excluding diaryl/α,β-unsaturated/α-hetero) is 1. The SMILES string of the molecule is C[C@@H]1CN(C(=O)c2ccccc2)CCN1C(=O)C(=O)c1c[nH]c2nccc(OCCOCCn3cc(COCCNc4ccc([N+](=O)[O-])cc4[N+](=O)[O-])nn3)c12. The summed E-state index contributed by atoms with van der Waals surface area (Å²) in [6.07, 6.45) is 4.67. The fourth-order valence-electron chi connectivity index (χ4n) is 6.13. The number of nitrogens with one attached hydrogen (secondary N) is 2. The maximum atomic E-state index is 13.5. The van der Waals surface area contributed by atoms with Crippen LogP contribution >= 0.6 is 0 Å². The topological polar surface area (TPSA) is 243 Å². The number of H-pyrrole nitrogens is 1. The zero-order chi connectivity index (χ0) is 39.6. The highest BCUT2D eigenvalue weighted by Gasteiger charge is 2.35. The van der Waals surface area contributed by atoms with Crippen molar-refractivity contribution in [3.63, 3.8) is 0 Å². The zero-order valence-electron chi connectivity index (χ0n) is 30.2. The van der Waals surface area contributed by atoms with Crippen LogP contribution in [0.15, 0.2) is 73.2 Å². The van der Waals surface area contributed by atoms with Gasteiger partial charge in [-0.1, -0.05) is 23.4 Å². The highest BCUT2D eigenvalue weighted by molar-refractivity contribution is 6.45. The molecule has 1 saturated heterocycles. The van der Waals surface area contributed by atoms with Crippen LogP contribution in [-0.2, 0) is 27.4 Å². The van der Waals surface area contributed by atoms with E-state index < -0.39 is 27.2 Å². The number of aromatic amines is 1. The maximum absolute atomic E-state index is 13.5. The summed E-state index contributed by atoms with van der Waals surface area (Å²) in [6.45, 7) is 4.21. The van der Waals surface area contributed by atoms with Crippen LogP contribution in [0.25, 0.3) is 11.0 Å². The molecule has 1 atom stereocenters. The molecule has 1 aliphatic rings. The summed E-state index contributed by atoms with van der Waals surface area (Å²) in [6, 6.07) is 13.5. The molecule has 56 heavy (non-hydrogen) atoms. The van der Waals surface area contributed by atoms with Crippen LogP contribution in [0.2, 0.25) is 0 Å². The number of ketones is 1. The van der Waals surface area contributed by atoms with Crippen molar-refractivity contribution in [3.05, 3.63) is 110 Å². The summed E-state index contributed by atoms with van der Waals surface area (Å²) in [5.74, 6) is -1.13. The van der Waals surface area contributed by atoms with Gasteiger partial charge in [0.05, 0.1) is 66.0 Å². The second-order valence-electron chi connectivity index (χ2n) is 12.7. The van der Waals surface area contributed by atoms with E-state index in [0.717, 1.165) is 6.07 Å². The van der Waals surface area contributed by atoms with Gasteiger partial charge in [-0.25, -0.2) is 9.67 Å². The Balaban J connectivity index is 0.917. The first-order valence-electron chi connectivity index (χ1n) is 17.6. The normalized spacial score (nSPS) is 14.1. The van der Waals surface area contributed by atoms with Crippen LogP contribution in [0.3, 0.4) is 0 Å². The summed E-state index contributed by atoms with van der Waals surface area (Å²) < 4.78 is 18.8. The predicted molar refractivity (Wildman–Crippen MR) is 198 cm³/mol. The van der Waals surface area contributed by atoms with Gasteiger partial charge >= 0.3 is 0 Å². The van der Waals surface area contributed by atoms with Crippen molar-refractivity contribution >= 4 is 45.7 Å². The lowest BCUT2D eigenvalue weighted by molar-refractivity contribution is -0.393. The van der Waals surface area contributed by atoms with Crippen LogP contribution in [0.4, 0.5) is 17.1 Å². The molecule has 2 N–H and O–H groups in total. The Morgan fingerprint density at radius 1 is 0.982 bits per heavy atom. The lowest BCUT2D eigenvalue weighted by atomic mass is 10.1. The van der Waals surface area contributed by atoms with Crippen molar-refractivity contribution in [2.45, 2.75) is 26.1 Å². The number of benzene rings is 2. The van der Waals surface area contributed by atoms with Gasteiger partial charge in [0.15, 0.2) is 0 Å². The van der Waals surface area contributed by atoms with Gasteiger partial charge in [-0.05, 0) is 31.2 Å². The molecular weight excluding hydrogens is 732 g/mol. The molecule has 3 aromatic heterocycles. The average molecular weight is 771 g/mol. The molecule has 0 unspecified atom stereocenters. The number of hydrogen-bond donors (Lipinski definition) is 2. The molecule has 2 amide bonds. The van der Waals surface area contributed by atoms with Gasteiger partial charge in [0.25, 0.3) is 29.0 Å². The molecule has 0 bridgehead atoms. The number of ether oxygens (including phenoxy) is 3. The number of piperazine rings is 1. The van der Waals surface area contributed by atoms with Gasteiger partial charge in [-0.15, -0.1) is 5.10 Å². The number of nitro groups is 2. The number of nitro benzene ring substituents is 2. The summed E-state index contributed by atoms with van der Waals surface area (Å²) >= 11 is 0. The number of amides is 2. The molecular formula is C36H38N10O10. The van der Waals surface area contributed by atoms with E-state index in [9.17, 15) is 34.6 Å². The molecule has 292 valence electrons. The fourth-order valence-corrected chi connectivity index (χ4v) is 6.13. The lowest BCUT2D eigenvalue weighted by Gasteiger charge is -2.39. The minimum atomic E-state index is -0.706. The van der Waals surface area contributed by atoms with Crippen LogP contribution in [0.5, 0.6) is 5.75 Å². The Kier molecular flexibility index (Phi) is 12.5. The maximum Gasteiger partial charge on any atom is 0.299 e. The van der Waals surface area contributed by atoms with Crippen molar-refractivity contribution in [2.24, 2.45) is 0 Å². The number of anilines is 1. The minimum absolute atomic E-state index is 0.121. The van der Waals surface area contributed by atoms with E-state index >= 15 is 0 Å². The van der Waals surface area contributed by atoms with Crippen molar-refractivity contribution in [3.8, 4) is 5.75 Å². The van der Waals surface area contributed by atoms with Gasteiger partial charge in [0, 0.05) is 56.2 Å². The molecule has 0 radical (unpaired) electrons. The van der Waals surface area contributed by atoms with Crippen LogP contribution < -0.4 is 10.1 Å². The number of carbonyl (C=O) groups is 3. The third-order valence-electron chi connectivity index (χ3n) is 8.91. The number of hydrogen-bond acceptors (Lipinski definition) is 14. The first-order chi connectivity index (χ1) is 27.1.